The molecular formula is C39H50FN5O3. The van der Waals surface area contributed by atoms with E-state index < -0.39 is 5.78 Å². The Balaban J connectivity index is 1.37. The van der Waals surface area contributed by atoms with Crippen molar-refractivity contribution in [2.45, 2.75) is 91.1 Å². The number of hydrogen-bond donors (Lipinski definition) is 0. The lowest BCUT2D eigenvalue weighted by Gasteiger charge is -2.32. The van der Waals surface area contributed by atoms with Gasteiger partial charge in [0.25, 0.3) is 5.78 Å². The number of allylic oxidation sites excluding steroid dienone is 7. The Kier molecular flexibility index (Phi) is 12.5. The van der Waals surface area contributed by atoms with Crippen LogP contribution in [0, 0.1) is 23.2 Å². The largest absolute Gasteiger partial charge is 0.480 e. The summed E-state index contributed by atoms with van der Waals surface area (Å²) in [5.41, 5.74) is 5.62. The van der Waals surface area contributed by atoms with Gasteiger partial charge in [-0.05, 0) is 119 Å². The Morgan fingerprint density at radius 2 is 2.02 bits per heavy atom. The predicted octanol–water partition coefficient (Wildman–Crippen LogP) is 8.36. The van der Waals surface area contributed by atoms with Crippen LogP contribution in [0.2, 0.25) is 0 Å². The van der Waals surface area contributed by atoms with Crippen LogP contribution in [-0.2, 0) is 4.74 Å². The number of ketones is 1. The smallest absolute Gasteiger partial charge is 0.269 e. The van der Waals surface area contributed by atoms with E-state index in [1.165, 1.54) is 35.6 Å². The normalized spacial score (nSPS) is 23.2. The van der Waals surface area contributed by atoms with Gasteiger partial charge in [0.15, 0.2) is 5.82 Å². The second-order valence-electron chi connectivity index (χ2n) is 13.6. The quantitative estimate of drug-likeness (QED) is 0.198. The number of rotatable bonds is 9. The molecule has 2 unspecified atom stereocenters. The highest BCUT2D eigenvalue weighted by molar-refractivity contribution is 6.09. The van der Waals surface area contributed by atoms with Gasteiger partial charge in [0, 0.05) is 25.6 Å². The van der Waals surface area contributed by atoms with Crippen molar-refractivity contribution < 1.29 is 18.7 Å². The monoisotopic (exact) mass is 655 g/mol. The zero-order valence-corrected chi connectivity index (χ0v) is 29.0. The minimum absolute atomic E-state index is 0.0548. The molecule has 2 aromatic heterocycles. The number of Topliss-reactive ketones (excluding diaryl/α,β-unsaturated/α-hetero) is 1. The van der Waals surface area contributed by atoms with Crippen LogP contribution in [0.15, 0.2) is 65.2 Å². The molecule has 1 saturated heterocycles. The summed E-state index contributed by atoms with van der Waals surface area (Å²) in [6.45, 7) is 9.81. The minimum atomic E-state index is -0.715. The number of nitriles is 1. The van der Waals surface area contributed by atoms with E-state index in [4.69, 9.17) is 19.7 Å². The second-order valence-corrected chi connectivity index (χ2v) is 13.6. The predicted molar refractivity (Wildman–Crippen MR) is 186 cm³/mol. The maximum Gasteiger partial charge on any atom is 0.269 e. The van der Waals surface area contributed by atoms with E-state index in [0.29, 0.717) is 18.3 Å². The third-order valence-corrected chi connectivity index (χ3v) is 9.81. The second kappa shape index (κ2) is 17.0. The molecule has 0 saturated carbocycles. The molecular weight excluding hydrogens is 605 g/mol. The van der Waals surface area contributed by atoms with Gasteiger partial charge in [-0.15, -0.1) is 0 Å². The third-order valence-electron chi connectivity index (χ3n) is 9.81. The summed E-state index contributed by atoms with van der Waals surface area (Å²) < 4.78 is 28.7. The summed E-state index contributed by atoms with van der Waals surface area (Å²) >= 11 is 0. The van der Waals surface area contributed by atoms with Gasteiger partial charge in [-0.25, -0.2) is 9.37 Å². The first-order valence-electron chi connectivity index (χ1n) is 17.6. The van der Waals surface area contributed by atoms with Gasteiger partial charge in [-0.1, -0.05) is 37.6 Å². The van der Waals surface area contributed by atoms with Gasteiger partial charge in [0.05, 0.1) is 25.1 Å². The van der Waals surface area contributed by atoms with Gasteiger partial charge in [-0.3, -0.25) is 4.79 Å². The fraction of sp³-hybridized carbons (Fsp3) is 0.538. The molecule has 0 amide bonds. The molecule has 0 N–H and O–H groups in total. The van der Waals surface area contributed by atoms with Crippen molar-refractivity contribution in [3.05, 3.63) is 76.4 Å². The number of nitrogens with zero attached hydrogens (tertiary/aromatic N) is 5. The number of ether oxygens (including phenoxy) is 2. The van der Waals surface area contributed by atoms with Gasteiger partial charge < -0.3 is 14.4 Å². The van der Waals surface area contributed by atoms with Gasteiger partial charge in [-0.2, -0.15) is 15.0 Å². The fourth-order valence-corrected chi connectivity index (χ4v) is 7.09. The van der Waals surface area contributed by atoms with Crippen molar-refractivity contribution in [1.82, 2.24) is 19.7 Å². The van der Waals surface area contributed by atoms with E-state index in [9.17, 15) is 4.79 Å². The highest BCUT2D eigenvalue weighted by atomic mass is 19.1. The number of pyridine rings is 1. The fourth-order valence-electron chi connectivity index (χ4n) is 7.09. The van der Waals surface area contributed by atoms with Crippen LogP contribution in [0.5, 0.6) is 5.88 Å². The van der Waals surface area contributed by atoms with Crippen molar-refractivity contribution in [3.8, 4) is 17.8 Å². The van der Waals surface area contributed by atoms with Crippen LogP contribution in [0.4, 0.5) is 4.39 Å². The number of aromatic nitrogens is 3. The molecule has 0 spiro atoms. The molecule has 2 aromatic rings. The Morgan fingerprint density at radius 1 is 1.17 bits per heavy atom. The van der Waals surface area contributed by atoms with Crippen LogP contribution < -0.4 is 4.74 Å². The van der Waals surface area contributed by atoms with Gasteiger partial charge in [0.2, 0.25) is 5.88 Å². The summed E-state index contributed by atoms with van der Waals surface area (Å²) in [4.78, 5) is 19.5. The molecule has 8 nitrogen and oxygen atoms in total. The number of halogens is 1. The molecule has 5 rings (SSSR count). The topological polar surface area (TPSA) is 93.3 Å². The summed E-state index contributed by atoms with van der Waals surface area (Å²) in [5, 5.41) is 13.5. The van der Waals surface area contributed by atoms with E-state index in [1.54, 1.807) is 12.1 Å². The first-order chi connectivity index (χ1) is 23.3. The molecule has 9 heteroatoms. The summed E-state index contributed by atoms with van der Waals surface area (Å²) in [5.74, 6) is 0.0471. The lowest BCUT2D eigenvalue weighted by Crippen LogP contribution is -2.39. The molecule has 4 heterocycles. The van der Waals surface area contributed by atoms with E-state index in [-0.39, 0.29) is 29.3 Å². The Hall–Kier alpha value is -3.87. The van der Waals surface area contributed by atoms with Crippen LogP contribution >= 0.6 is 0 Å². The number of hydrogen-bond acceptors (Lipinski definition) is 7. The lowest BCUT2D eigenvalue weighted by molar-refractivity contribution is -0.00806. The van der Waals surface area contributed by atoms with Crippen molar-refractivity contribution in [2.75, 3.05) is 33.4 Å². The maximum atomic E-state index is 15.8. The first kappa shape index (κ1) is 35.4. The summed E-state index contributed by atoms with van der Waals surface area (Å²) in [6, 6.07) is 7.37. The van der Waals surface area contributed by atoms with Crippen molar-refractivity contribution in [3.63, 3.8) is 0 Å². The first-order valence-corrected chi connectivity index (χ1v) is 17.6. The van der Waals surface area contributed by atoms with Gasteiger partial charge in [0.1, 0.15) is 17.5 Å². The van der Waals surface area contributed by atoms with Crippen LogP contribution in [-0.4, -0.2) is 64.9 Å². The average Bonchev–Trinajstić information content (AvgIpc) is 3.52. The van der Waals surface area contributed by atoms with Crippen LogP contribution in [0.3, 0.4) is 0 Å². The zero-order valence-electron chi connectivity index (χ0n) is 29.0. The van der Waals surface area contributed by atoms with E-state index >= 15 is 4.39 Å². The van der Waals surface area contributed by atoms with Crippen LogP contribution in [0.25, 0.3) is 11.4 Å². The van der Waals surface area contributed by atoms with E-state index in [1.807, 2.05) is 25.1 Å². The van der Waals surface area contributed by atoms with Gasteiger partial charge >= 0.3 is 0 Å². The average molecular weight is 656 g/mol. The molecule has 0 bridgehead atoms. The molecule has 1 fully saturated rings. The maximum absolute atomic E-state index is 15.8. The third kappa shape index (κ3) is 8.97. The highest BCUT2D eigenvalue weighted by Gasteiger charge is 2.24. The molecule has 0 radical (unpaired) electrons. The Labute approximate surface area is 285 Å². The van der Waals surface area contributed by atoms with E-state index in [0.717, 1.165) is 94.3 Å². The van der Waals surface area contributed by atoms with Crippen molar-refractivity contribution in [2.24, 2.45) is 11.8 Å². The molecule has 2 aliphatic heterocycles. The van der Waals surface area contributed by atoms with Crippen molar-refractivity contribution in [1.29, 1.82) is 5.26 Å². The SMILES string of the molecule is COc1c(C(=O)C#N)cnn1-c1cccc(C2=CCCCCC(C)=C2CCC2=CC(C)CCN(C[C@@H]3CCCCO3)CC(C)C(F)=C2)n1. The lowest BCUT2D eigenvalue weighted by atomic mass is 9.86. The Morgan fingerprint density at radius 3 is 2.79 bits per heavy atom. The highest BCUT2D eigenvalue weighted by Crippen LogP contribution is 2.35. The van der Waals surface area contributed by atoms with Crippen LogP contribution in [0.1, 0.15) is 101 Å². The molecule has 0 aromatic carbocycles. The number of methoxy groups -OCH3 is 1. The number of carbonyl (C=O) groups excluding carboxylic acids is 1. The number of carbonyl (C=O) groups is 1. The standard InChI is InChI=1S/C39H50FN5O3/c1-27-18-19-44(26-31-12-8-9-20-48-31)25-29(3)35(40)22-30(21-27)16-17-32-28(2)11-6-5-7-13-33(32)36-14-10-15-38(43-36)45-39(47-4)34(24-42-45)37(46)23-41/h10,13-15,21-22,24,27,29,31H,5-9,11-12,16-20,25-26H2,1-4H3/t27?,29?,31-/m0/s1. The molecule has 3 aliphatic rings. The van der Waals surface area contributed by atoms with E-state index in [2.05, 4.69) is 36.0 Å². The molecule has 48 heavy (non-hydrogen) atoms. The zero-order chi connectivity index (χ0) is 34.0. The summed E-state index contributed by atoms with van der Waals surface area (Å²) in [7, 11) is 1.45. The molecule has 3 atom stereocenters. The Bertz CT molecular complexity index is 1610. The minimum Gasteiger partial charge on any atom is -0.480 e. The van der Waals surface area contributed by atoms with Crippen molar-refractivity contribution >= 4 is 11.4 Å². The molecule has 256 valence electrons. The summed E-state index contributed by atoms with van der Waals surface area (Å²) in [6.07, 6.45) is 18.1. The molecule has 1 aliphatic carbocycles.